The molecular formula is C10H14O3. The third kappa shape index (κ3) is 3.69. The van der Waals surface area contributed by atoms with Crippen molar-refractivity contribution in [2.24, 2.45) is 5.92 Å². The van der Waals surface area contributed by atoms with Gasteiger partial charge in [0.25, 0.3) is 0 Å². The molecule has 0 aliphatic rings. The summed E-state index contributed by atoms with van der Waals surface area (Å²) in [4.78, 5) is 21.8. The Morgan fingerprint density at radius 3 is 2.46 bits per heavy atom. The largest absolute Gasteiger partial charge is 0.481 e. The number of carbonyl (C=O) groups excluding carboxylic acids is 1. The summed E-state index contributed by atoms with van der Waals surface area (Å²) in [5.41, 5.74) is 0.481. The average Bonchev–Trinajstić information content (AvgIpc) is 2.11. The lowest BCUT2D eigenvalue weighted by Gasteiger charge is -2.04. The lowest BCUT2D eigenvalue weighted by molar-refractivity contribution is -0.144. The molecule has 0 saturated heterocycles. The summed E-state index contributed by atoms with van der Waals surface area (Å²) in [6.07, 6.45) is 3.92. The van der Waals surface area contributed by atoms with Crippen LogP contribution in [-0.4, -0.2) is 16.9 Å². The molecule has 0 saturated carbocycles. The number of rotatable bonds is 5. The maximum atomic E-state index is 11.3. The standard InChI is InChI=1S/C10H14O3/c1-4-5-6-7(2)9(11)8(3)10(12)13/h4,6,8H,1,5H2,2-3H3,(H,12,13)/b7-6+. The van der Waals surface area contributed by atoms with Gasteiger partial charge in [0, 0.05) is 0 Å². The van der Waals surface area contributed by atoms with Crippen molar-refractivity contribution in [3.63, 3.8) is 0 Å². The van der Waals surface area contributed by atoms with Crippen molar-refractivity contribution in [1.82, 2.24) is 0 Å². The smallest absolute Gasteiger partial charge is 0.314 e. The Balaban J connectivity index is 4.41. The van der Waals surface area contributed by atoms with Gasteiger partial charge in [-0.15, -0.1) is 6.58 Å². The molecule has 0 amide bonds. The first-order valence-electron chi connectivity index (χ1n) is 4.05. The second-order valence-corrected chi connectivity index (χ2v) is 2.84. The molecular weight excluding hydrogens is 168 g/mol. The van der Waals surface area contributed by atoms with Gasteiger partial charge in [-0.05, 0) is 25.8 Å². The molecule has 13 heavy (non-hydrogen) atoms. The lowest BCUT2D eigenvalue weighted by atomic mass is 10.00. The van der Waals surface area contributed by atoms with E-state index in [1.807, 2.05) is 0 Å². The Hall–Kier alpha value is -1.38. The molecule has 0 heterocycles. The van der Waals surface area contributed by atoms with Crippen LogP contribution in [0.3, 0.4) is 0 Å². The van der Waals surface area contributed by atoms with Crippen molar-refractivity contribution in [2.75, 3.05) is 0 Å². The molecule has 0 fully saturated rings. The molecule has 0 bridgehead atoms. The summed E-state index contributed by atoms with van der Waals surface area (Å²) in [7, 11) is 0. The van der Waals surface area contributed by atoms with Gasteiger partial charge >= 0.3 is 5.97 Å². The van der Waals surface area contributed by atoms with Crippen molar-refractivity contribution in [3.8, 4) is 0 Å². The average molecular weight is 182 g/mol. The second-order valence-electron chi connectivity index (χ2n) is 2.84. The number of Topliss-reactive ketones (excluding diaryl/α,β-unsaturated/α-hetero) is 1. The van der Waals surface area contributed by atoms with Gasteiger partial charge in [0.15, 0.2) is 5.78 Å². The van der Waals surface area contributed by atoms with Gasteiger partial charge in [-0.2, -0.15) is 0 Å². The molecule has 0 aromatic heterocycles. The predicted octanol–water partition coefficient (Wildman–Crippen LogP) is 1.80. The minimum Gasteiger partial charge on any atom is -0.481 e. The third-order valence-corrected chi connectivity index (χ3v) is 1.74. The molecule has 1 atom stereocenters. The van der Waals surface area contributed by atoms with E-state index in [9.17, 15) is 9.59 Å². The van der Waals surface area contributed by atoms with Gasteiger partial charge in [0.2, 0.25) is 0 Å². The molecule has 3 heteroatoms. The number of carboxylic acids is 1. The third-order valence-electron chi connectivity index (χ3n) is 1.74. The molecule has 0 spiro atoms. The maximum Gasteiger partial charge on any atom is 0.314 e. The number of carbonyl (C=O) groups is 2. The van der Waals surface area contributed by atoms with Crippen molar-refractivity contribution < 1.29 is 14.7 Å². The van der Waals surface area contributed by atoms with E-state index in [1.165, 1.54) is 6.92 Å². The van der Waals surface area contributed by atoms with E-state index in [0.29, 0.717) is 12.0 Å². The number of hydrogen-bond acceptors (Lipinski definition) is 2. The molecule has 0 aromatic rings. The molecule has 1 N–H and O–H groups in total. The minimum atomic E-state index is -1.09. The van der Waals surface area contributed by atoms with Crippen LogP contribution in [0.2, 0.25) is 0 Å². The molecule has 72 valence electrons. The fraction of sp³-hybridized carbons (Fsp3) is 0.400. The molecule has 0 rings (SSSR count). The number of ketones is 1. The molecule has 0 aromatic carbocycles. The Morgan fingerprint density at radius 1 is 1.54 bits per heavy atom. The molecule has 0 aliphatic heterocycles. The molecule has 0 aliphatic carbocycles. The first-order valence-corrected chi connectivity index (χ1v) is 4.05. The zero-order valence-electron chi connectivity index (χ0n) is 7.91. The first kappa shape index (κ1) is 11.6. The van der Waals surface area contributed by atoms with E-state index in [0.717, 1.165) is 0 Å². The van der Waals surface area contributed by atoms with E-state index in [4.69, 9.17) is 5.11 Å². The molecule has 3 nitrogen and oxygen atoms in total. The number of carboxylic acid groups (broad SMARTS) is 1. The van der Waals surface area contributed by atoms with Crippen LogP contribution in [0.25, 0.3) is 0 Å². The van der Waals surface area contributed by atoms with E-state index in [1.54, 1.807) is 19.1 Å². The molecule has 1 unspecified atom stereocenters. The summed E-state index contributed by atoms with van der Waals surface area (Å²) in [6, 6.07) is 0. The summed E-state index contributed by atoms with van der Waals surface area (Å²) < 4.78 is 0. The van der Waals surface area contributed by atoms with Crippen molar-refractivity contribution in [2.45, 2.75) is 20.3 Å². The van der Waals surface area contributed by atoms with Crippen molar-refractivity contribution >= 4 is 11.8 Å². The summed E-state index contributed by atoms with van der Waals surface area (Å²) in [5.74, 6) is -2.38. The lowest BCUT2D eigenvalue weighted by Crippen LogP contribution is -2.21. The van der Waals surface area contributed by atoms with Gasteiger partial charge in [-0.3, -0.25) is 9.59 Å². The minimum absolute atomic E-state index is 0.339. The highest BCUT2D eigenvalue weighted by Gasteiger charge is 2.20. The van der Waals surface area contributed by atoms with E-state index in [-0.39, 0.29) is 5.78 Å². The Morgan fingerprint density at radius 2 is 2.08 bits per heavy atom. The molecule has 0 radical (unpaired) electrons. The highest BCUT2D eigenvalue weighted by atomic mass is 16.4. The van der Waals surface area contributed by atoms with E-state index < -0.39 is 11.9 Å². The highest BCUT2D eigenvalue weighted by Crippen LogP contribution is 2.07. The van der Waals surface area contributed by atoms with Gasteiger partial charge < -0.3 is 5.11 Å². The fourth-order valence-corrected chi connectivity index (χ4v) is 0.814. The van der Waals surface area contributed by atoms with Crippen LogP contribution in [0.15, 0.2) is 24.3 Å². The van der Waals surface area contributed by atoms with Crippen LogP contribution in [0, 0.1) is 5.92 Å². The monoisotopic (exact) mass is 182 g/mol. The Labute approximate surface area is 77.8 Å². The Kier molecular flexibility index (Phi) is 4.74. The van der Waals surface area contributed by atoms with Crippen molar-refractivity contribution in [3.05, 3.63) is 24.3 Å². The van der Waals surface area contributed by atoms with Crippen LogP contribution < -0.4 is 0 Å². The van der Waals surface area contributed by atoms with Crippen LogP contribution in [-0.2, 0) is 9.59 Å². The number of hydrogen-bond donors (Lipinski definition) is 1. The normalized spacial score (nSPS) is 13.5. The quantitative estimate of drug-likeness (QED) is 0.400. The first-order chi connectivity index (χ1) is 6.00. The van der Waals surface area contributed by atoms with Crippen LogP contribution in [0.5, 0.6) is 0 Å². The van der Waals surface area contributed by atoms with Crippen LogP contribution >= 0.6 is 0 Å². The van der Waals surface area contributed by atoms with Gasteiger partial charge in [-0.25, -0.2) is 0 Å². The second kappa shape index (κ2) is 5.30. The van der Waals surface area contributed by atoms with E-state index >= 15 is 0 Å². The van der Waals surface area contributed by atoms with E-state index in [2.05, 4.69) is 6.58 Å². The van der Waals surface area contributed by atoms with Gasteiger partial charge in [-0.1, -0.05) is 12.2 Å². The predicted molar refractivity (Wildman–Crippen MR) is 50.4 cm³/mol. The highest BCUT2D eigenvalue weighted by molar-refractivity contribution is 6.07. The van der Waals surface area contributed by atoms with Crippen LogP contribution in [0.4, 0.5) is 0 Å². The van der Waals surface area contributed by atoms with Crippen LogP contribution in [0.1, 0.15) is 20.3 Å². The van der Waals surface area contributed by atoms with Gasteiger partial charge in [0.05, 0.1) is 0 Å². The summed E-state index contributed by atoms with van der Waals surface area (Å²) >= 11 is 0. The topological polar surface area (TPSA) is 54.4 Å². The summed E-state index contributed by atoms with van der Waals surface area (Å²) in [6.45, 7) is 6.50. The summed E-state index contributed by atoms with van der Waals surface area (Å²) in [5, 5.41) is 8.56. The van der Waals surface area contributed by atoms with Gasteiger partial charge in [0.1, 0.15) is 5.92 Å². The zero-order chi connectivity index (χ0) is 10.4. The van der Waals surface area contributed by atoms with Crippen molar-refractivity contribution in [1.29, 1.82) is 0 Å². The number of allylic oxidation sites excluding steroid dienone is 3. The Bertz CT molecular complexity index is 251. The zero-order valence-corrected chi connectivity index (χ0v) is 7.91. The fourth-order valence-electron chi connectivity index (χ4n) is 0.814. The number of aliphatic carboxylic acids is 1. The SMILES string of the molecule is C=CC/C=C(\C)C(=O)C(C)C(=O)O. The maximum absolute atomic E-state index is 11.3.